The lowest BCUT2D eigenvalue weighted by molar-refractivity contribution is -1.08. The van der Waals surface area contributed by atoms with Gasteiger partial charge in [-0.15, -0.1) is 0 Å². The van der Waals surface area contributed by atoms with E-state index in [2.05, 4.69) is 0 Å². The molecule has 0 saturated carbocycles. The number of hydrogen-bond donors (Lipinski definition) is 0. The Balaban J connectivity index is 5.75. The molecule has 0 heterocycles. The third kappa shape index (κ3) is 4.54. The van der Waals surface area contributed by atoms with Gasteiger partial charge >= 0.3 is 7.75 Å². The molecule has 0 aromatic carbocycles. The molecule has 0 saturated heterocycles. The molecule has 6 heteroatoms. The second kappa shape index (κ2) is 6.23. The molecule has 0 aromatic rings. The first-order chi connectivity index (χ1) is 8.33. The summed E-state index contributed by atoms with van der Waals surface area (Å²) in [6.45, 7) is 15.2. The van der Waals surface area contributed by atoms with Gasteiger partial charge in [-0.3, -0.25) is 9.05 Å². The molecule has 1 atom stereocenters. The highest BCUT2D eigenvalue weighted by atomic mass is 31.2. The normalized spacial score (nSPS) is 17.3. The van der Waals surface area contributed by atoms with E-state index in [1.54, 1.807) is 34.6 Å². The van der Waals surface area contributed by atoms with Crippen molar-refractivity contribution < 1.29 is 23.2 Å². The van der Waals surface area contributed by atoms with Crippen molar-refractivity contribution in [2.45, 2.75) is 60.9 Å². The van der Waals surface area contributed by atoms with Crippen LogP contribution < -0.4 is 0 Å². The van der Waals surface area contributed by atoms with E-state index in [1.165, 1.54) is 0 Å². The van der Waals surface area contributed by atoms with Crippen LogP contribution in [0.15, 0.2) is 0 Å². The minimum Gasteiger partial charge on any atom is -0.261 e. The van der Waals surface area contributed by atoms with Crippen molar-refractivity contribution in [1.82, 2.24) is 0 Å². The van der Waals surface area contributed by atoms with Gasteiger partial charge in [0.05, 0.1) is 13.2 Å². The first-order valence-electron chi connectivity index (χ1n) is 6.82. The summed E-state index contributed by atoms with van der Waals surface area (Å²) in [5.41, 5.74) is -1.06. The van der Waals surface area contributed by atoms with E-state index < -0.39 is 17.7 Å². The average Bonchev–Trinajstić information content (AvgIpc) is 2.13. The van der Waals surface area contributed by atoms with Gasteiger partial charge in [0.15, 0.2) is 0 Å². The molecule has 115 valence electrons. The maximum Gasteiger partial charge on any atom is 0.567 e. The van der Waals surface area contributed by atoms with Crippen molar-refractivity contribution in [2.75, 3.05) is 19.8 Å². The molecule has 0 rings (SSSR count). The Kier molecular flexibility index (Phi) is 6.25. The van der Waals surface area contributed by atoms with Gasteiger partial charge in [-0.05, 0) is 34.6 Å². The Morgan fingerprint density at radius 1 is 0.947 bits per heavy atom. The molecule has 1 unspecified atom stereocenters. The highest BCUT2D eigenvalue weighted by Gasteiger charge is 2.62. The number of hydrogen-bond acceptors (Lipinski definition) is 3. The molecule has 0 aliphatic heterocycles. The summed E-state index contributed by atoms with van der Waals surface area (Å²) in [4.78, 5) is 0. The van der Waals surface area contributed by atoms with Gasteiger partial charge in [0.25, 0.3) is 0 Å². The first-order valence-corrected chi connectivity index (χ1v) is 8.31. The summed E-state index contributed by atoms with van der Waals surface area (Å²) in [6, 6.07) is 0. The van der Waals surface area contributed by atoms with Crippen molar-refractivity contribution in [3.05, 3.63) is 0 Å². The van der Waals surface area contributed by atoms with E-state index in [1.807, 2.05) is 20.8 Å². The van der Waals surface area contributed by atoms with Crippen LogP contribution >= 0.6 is 7.75 Å². The molecule has 0 amide bonds. The van der Waals surface area contributed by atoms with E-state index >= 15 is 0 Å². The van der Waals surface area contributed by atoms with Crippen LogP contribution in [0.4, 0.5) is 0 Å². The lowest BCUT2D eigenvalue weighted by Gasteiger charge is -2.43. The predicted octanol–water partition coefficient (Wildman–Crippen LogP) is 4.17. The summed E-state index contributed by atoms with van der Waals surface area (Å²) in [5.74, 6) is 0. The molecule has 0 aliphatic rings. The highest BCUT2D eigenvalue weighted by molar-refractivity contribution is 7.47. The quantitative estimate of drug-likeness (QED) is 0.545. The van der Waals surface area contributed by atoms with Gasteiger partial charge in [0, 0.05) is 10.6 Å². The predicted molar refractivity (Wildman–Crippen MR) is 75.9 cm³/mol. The van der Waals surface area contributed by atoms with Crippen molar-refractivity contribution >= 4 is 7.75 Å². The Morgan fingerprint density at radius 3 is 1.53 bits per heavy atom. The molecule has 0 bridgehead atoms. The summed E-state index contributed by atoms with van der Waals surface area (Å²) in [6.07, 6.45) is 0. The van der Waals surface area contributed by atoms with Crippen molar-refractivity contribution in [1.29, 1.82) is 0 Å². The minimum absolute atomic E-state index is 0.174. The molecular formula is C13H30NO4P+. The molecular weight excluding hydrogens is 265 g/mol. The van der Waals surface area contributed by atoms with Gasteiger partial charge in [0.1, 0.15) is 12.1 Å². The zero-order valence-corrected chi connectivity index (χ0v) is 14.5. The Morgan fingerprint density at radius 2 is 1.32 bits per heavy atom. The first kappa shape index (κ1) is 19.1. The second-order valence-corrected chi connectivity index (χ2v) is 8.99. The Bertz CT molecular complexity index is 323. The van der Waals surface area contributed by atoms with E-state index in [0.29, 0.717) is 0 Å². The zero-order chi connectivity index (χ0) is 15.5. The number of rotatable bonds is 6. The molecule has 0 spiro atoms. The van der Waals surface area contributed by atoms with Crippen LogP contribution in [-0.2, 0) is 18.8 Å². The summed E-state index contributed by atoms with van der Waals surface area (Å²) >= 11 is 0. The maximum atomic E-state index is 13.4. The smallest absolute Gasteiger partial charge is 0.261 e. The minimum atomic E-state index is -3.78. The lowest BCUT2D eigenvalue weighted by Crippen LogP contribution is -2.57. The van der Waals surface area contributed by atoms with Crippen molar-refractivity contribution in [3.63, 3.8) is 0 Å². The largest absolute Gasteiger partial charge is 0.567 e. The van der Waals surface area contributed by atoms with Gasteiger partial charge in [-0.2, -0.15) is 4.57 Å². The maximum absolute atomic E-state index is 13.4. The Labute approximate surface area is 118 Å². The fourth-order valence-corrected chi connectivity index (χ4v) is 4.32. The SMILES string of the molecule is CCOP(=O)(OCC)[N+]([O])(CC(C)(C)C)C(C)(C)C. The van der Waals surface area contributed by atoms with Crippen molar-refractivity contribution in [2.24, 2.45) is 5.41 Å². The molecule has 0 N–H and O–H groups in total. The monoisotopic (exact) mass is 295 g/mol. The van der Waals surface area contributed by atoms with Gasteiger partial charge in [0.2, 0.25) is 0 Å². The molecule has 0 aromatic heterocycles. The molecule has 19 heavy (non-hydrogen) atoms. The summed E-state index contributed by atoms with van der Waals surface area (Å²) in [7, 11) is -3.78. The standard InChI is InChI=1S/C13H30NO4P/c1-9-17-19(16,18-10-2)14(15,13(6,7)8)11-12(3,4)5/h9-11H2,1-8H3/q+1. The van der Waals surface area contributed by atoms with Crippen LogP contribution in [0.2, 0.25) is 0 Å². The molecule has 5 nitrogen and oxygen atoms in total. The number of hydroxylamine groups is 2. The molecule has 0 fully saturated rings. The molecule has 1 radical (unpaired) electrons. The third-order valence-electron chi connectivity index (χ3n) is 2.72. The van der Waals surface area contributed by atoms with Gasteiger partial charge < -0.3 is 0 Å². The highest BCUT2D eigenvalue weighted by Crippen LogP contribution is 2.62. The average molecular weight is 295 g/mol. The number of nitrogens with zero attached hydrogens (tertiary/aromatic N) is 1. The van der Waals surface area contributed by atoms with Crippen LogP contribution in [0, 0.1) is 5.41 Å². The van der Waals surface area contributed by atoms with Crippen LogP contribution in [0.3, 0.4) is 0 Å². The van der Waals surface area contributed by atoms with Gasteiger partial charge in [-0.25, -0.2) is 0 Å². The van der Waals surface area contributed by atoms with Gasteiger partial charge in [-0.1, -0.05) is 25.2 Å². The van der Waals surface area contributed by atoms with E-state index in [9.17, 15) is 9.77 Å². The van der Waals surface area contributed by atoms with Crippen LogP contribution in [0.5, 0.6) is 0 Å². The Hall–Kier alpha value is 0.0700. The third-order valence-corrected chi connectivity index (χ3v) is 5.42. The summed E-state index contributed by atoms with van der Waals surface area (Å²) in [5, 5.41) is 13.4. The van der Waals surface area contributed by atoms with Crippen molar-refractivity contribution in [3.8, 4) is 0 Å². The summed E-state index contributed by atoms with van der Waals surface area (Å²) < 4.78 is 22.6. The number of quaternary nitrogens is 1. The zero-order valence-electron chi connectivity index (χ0n) is 13.6. The van der Waals surface area contributed by atoms with Crippen LogP contribution in [0.1, 0.15) is 55.4 Å². The van der Waals surface area contributed by atoms with Crippen LogP contribution in [-0.4, -0.2) is 29.7 Å². The fourth-order valence-electron chi connectivity index (χ4n) is 1.88. The lowest BCUT2D eigenvalue weighted by atomic mass is 9.94. The van der Waals surface area contributed by atoms with E-state index in [0.717, 1.165) is 0 Å². The molecule has 0 aliphatic carbocycles. The fraction of sp³-hybridized carbons (Fsp3) is 1.00. The topological polar surface area (TPSA) is 55.4 Å². The van der Waals surface area contributed by atoms with E-state index in [4.69, 9.17) is 9.05 Å². The van der Waals surface area contributed by atoms with E-state index in [-0.39, 0.29) is 25.2 Å². The second-order valence-electron chi connectivity index (χ2n) is 6.90. The van der Waals surface area contributed by atoms with Crippen LogP contribution in [0.25, 0.3) is 0 Å².